The summed E-state index contributed by atoms with van der Waals surface area (Å²) in [6.07, 6.45) is 0.817. The minimum Gasteiger partial charge on any atom is -0.481 e. The molecule has 0 aromatic rings. The third kappa shape index (κ3) is 5.32. The molecule has 0 radical (unpaired) electrons. The Morgan fingerprint density at radius 3 is 2.78 bits per heavy atom. The third-order valence-electron chi connectivity index (χ3n) is 3.05. The quantitative estimate of drug-likeness (QED) is 0.632. The van der Waals surface area contributed by atoms with Crippen LogP contribution in [-0.2, 0) is 19.4 Å². The molecule has 0 spiro atoms. The van der Waals surface area contributed by atoms with Gasteiger partial charge in [-0.25, -0.2) is 8.42 Å². The molecule has 2 unspecified atom stereocenters. The van der Waals surface area contributed by atoms with Gasteiger partial charge in [0.2, 0.25) is 0 Å². The van der Waals surface area contributed by atoms with Gasteiger partial charge in [-0.05, 0) is 12.8 Å². The Morgan fingerprint density at radius 2 is 2.17 bits per heavy atom. The van der Waals surface area contributed by atoms with Crippen LogP contribution in [0.5, 0.6) is 0 Å². The van der Waals surface area contributed by atoms with Crippen LogP contribution in [0.4, 0.5) is 0 Å². The molecule has 1 aliphatic heterocycles. The predicted octanol–water partition coefficient (Wildman–Crippen LogP) is -0.109. The van der Waals surface area contributed by atoms with Gasteiger partial charge in [0.25, 0.3) is 0 Å². The van der Waals surface area contributed by atoms with E-state index >= 15 is 0 Å². The van der Waals surface area contributed by atoms with Crippen molar-refractivity contribution in [2.24, 2.45) is 5.92 Å². The maximum absolute atomic E-state index is 11.2. The Labute approximate surface area is 108 Å². The van der Waals surface area contributed by atoms with Gasteiger partial charge in [-0.2, -0.15) is 0 Å². The van der Waals surface area contributed by atoms with E-state index in [-0.39, 0.29) is 17.6 Å². The number of ether oxygens (including phenoxy) is 1. The maximum Gasteiger partial charge on any atom is 0.307 e. The lowest BCUT2D eigenvalue weighted by Gasteiger charge is -2.27. The normalized spacial score (nSPS) is 24.9. The highest BCUT2D eigenvalue weighted by Gasteiger charge is 2.27. The van der Waals surface area contributed by atoms with Gasteiger partial charge in [0.1, 0.15) is 9.84 Å². The summed E-state index contributed by atoms with van der Waals surface area (Å²) in [6, 6.07) is 0. The molecule has 6 nitrogen and oxygen atoms in total. The summed E-state index contributed by atoms with van der Waals surface area (Å²) in [4.78, 5) is 10.8. The van der Waals surface area contributed by atoms with E-state index in [1.165, 1.54) is 0 Å². The molecule has 2 N–H and O–H groups in total. The number of piperidine rings is 1. The first-order chi connectivity index (χ1) is 8.44. The van der Waals surface area contributed by atoms with Crippen molar-refractivity contribution in [1.82, 2.24) is 5.32 Å². The molecule has 18 heavy (non-hydrogen) atoms. The van der Waals surface area contributed by atoms with Crippen molar-refractivity contribution in [3.8, 4) is 0 Å². The lowest BCUT2D eigenvalue weighted by molar-refractivity contribution is -0.144. The molecule has 1 saturated heterocycles. The first-order valence-electron chi connectivity index (χ1n) is 6.20. The number of carbonyl (C=O) groups is 1. The predicted molar refractivity (Wildman–Crippen MR) is 67.3 cm³/mol. The highest BCUT2D eigenvalue weighted by molar-refractivity contribution is 7.91. The molecule has 1 aliphatic rings. The smallest absolute Gasteiger partial charge is 0.307 e. The van der Waals surface area contributed by atoms with Gasteiger partial charge in [0, 0.05) is 25.4 Å². The van der Waals surface area contributed by atoms with E-state index in [1.807, 2.05) is 0 Å². The van der Waals surface area contributed by atoms with Crippen LogP contribution < -0.4 is 5.32 Å². The SMILES string of the molecule is CCS(=O)(=O)CCCOC1CNCC(C(=O)O)C1. The minimum atomic E-state index is -2.94. The lowest BCUT2D eigenvalue weighted by Crippen LogP contribution is -2.43. The molecule has 1 rings (SSSR count). The van der Waals surface area contributed by atoms with Gasteiger partial charge in [-0.3, -0.25) is 4.79 Å². The second kappa shape index (κ2) is 7.06. The second-order valence-electron chi connectivity index (χ2n) is 4.51. The average Bonchev–Trinajstić information content (AvgIpc) is 2.35. The number of carboxylic acids is 1. The van der Waals surface area contributed by atoms with Gasteiger partial charge in [0.05, 0.1) is 17.8 Å². The van der Waals surface area contributed by atoms with Crippen molar-refractivity contribution in [3.05, 3.63) is 0 Å². The number of nitrogens with one attached hydrogen (secondary N) is 1. The monoisotopic (exact) mass is 279 g/mol. The first-order valence-corrected chi connectivity index (χ1v) is 8.02. The fraction of sp³-hybridized carbons (Fsp3) is 0.909. The van der Waals surface area contributed by atoms with Gasteiger partial charge in [-0.15, -0.1) is 0 Å². The van der Waals surface area contributed by atoms with Crippen LogP contribution in [0.3, 0.4) is 0 Å². The van der Waals surface area contributed by atoms with Crippen molar-refractivity contribution in [2.75, 3.05) is 31.2 Å². The lowest BCUT2D eigenvalue weighted by atomic mass is 9.98. The van der Waals surface area contributed by atoms with Crippen molar-refractivity contribution < 1.29 is 23.1 Å². The van der Waals surface area contributed by atoms with Gasteiger partial charge in [-0.1, -0.05) is 6.92 Å². The third-order valence-corrected chi connectivity index (χ3v) is 4.84. The minimum absolute atomic E-state index is 0.131. The van der Waals surface area contributed by atoms with Crippen molar-refractivity contribution in [1.29, 1.82) is 0 Å². The maximum atomic E-state index is 11.2. The average molecular weight is 279 g/mol. The Bertz CT molecular complexity index is 368. The van der Waals surface area contributed by atoms with Gasteiger partial charge in [0.15, 0.2) is 0 Å². The van der Waals surface area contributed by atoms with E-state index in [9.17, 15) is 13.2 Å². The standard InChI is InChI=1S/C11H21NO5S/c1-2-18(15,16)5-3-4-17-10-6-9(11(13)14)7-12-8-10/h9-10,12H,2-8H2,1H3,(H,13,14). The van der Waals surface area contributed by atoms with E-state index in [0.29, 0.717) is 32.5 Å². The number of rotatable bonds is 7. The number of hydrogen-bond acceptors (Lipinski definition) is 5. The fourth-order valence-corrected chi connectivity index (χ4v) is 2.74. The van der Waals surface area contributed by atoms with Crippen molar-refractivity contribution in [2.45, 2.75) is 25.9 Å². The summed E-state index contributed by atoms with van der Waals surface area (Å²) < 4.78 is 28.0. The molecule has 7 heteroatoms. The number of aliphatic carboxylic acids is 1. The molecule has 0 aromatic carbocycles. The summed E-state index contributed by atoms with van der Waals surface area (Å²) in [7, 11) is -2.94. The summed E-state index contributed by atoms with van der Waals surface area (Å²) in [6.45, 7) is 3.08. The topological polar surface area (TPSA) is 92.7 Å². The van der Waals surface area contributed by atoms with E-state index in [2.05, 4.69) is 5.32 Å². The molecule has 2 atom stereocenters. The zero-order valence-corrected chi connectivity index (χ0v) is 11.4. The molecular formula is C11H21NO5S. The number of sulfone groups is 1. The Hall–Kier alpha value is -0.660. The largest absolute Gasteiger partial charge is 0.481 e. The molecular weight excluding hydrogens is 258 g/mol. The van der Waals surface area contributed by atoms with Crippen molar-refractivity contribution in [3.63, 3.8) is 0 Å². The van der Waals surface area contributed by atoms with Crippen LogP contribution in [0.1, 0.15) is 19.8 Å². The van der Waals surface area contributed by atoms with Crippen LogP contribution in [0.2, 0.25) is 0 Å². The zero-order valence-electron chi connectivity index (χ0n) is 10.6. The molecule has 1 heterocycles. The number of carboxylic acid groups (broad SMARTS) is 1. The summed E-state index contributed by atoms with van der Waals surface area (Å²) in [5.41, 5.74) is 0. The molecule has 1 fully saturated rings. The highest BCUT2D eigenvalue weighted by atomic mass is 32.2. The Balaban J connectivity index is 2.21. The van der Waals surface area contributed by atoms with Gasteiger partial charge >= 0.3 is 5.97 Å². The van der Waals surface area contributed by atoms with Crippen LogP contribution in [0, 0.1) is 5.92 Å². The van der Waals surface area contributed by atoms with Crippen molar-refractivity contribution >= 4 is 15.8 Å². The summed E-state index contributed by atoms with van der Waals surface area (Å²) in [5, 5.41) is 11.9. The molecule has 0 saturated carbocycles. The van der Waals surface area contributed by atoms with E-state index in [1.54, 1.807) is 6.92 Å². The van der Waals surface area contributed by atoms with E-state index < -0.39 is 21.7 Å². The Morgan fingerprint density at radius 1 is 1.44 bits per heavy atom. The molecule has 0 bridgehead atoms. The van der Waals surface area contributed by atoms with E-state index in [4.69, 9.17) is 9.84 Å². The molecule has 106 valence electrons. The molecule has 0 amide bonds. The second-order valence-corrected chi connectivity index (χ2v) is 6.98. The molecule has 0 aromatic heterocycles. The summed E-state index contributed by atoms with van der Waals surface area (Å²) in [5.74, 6) is -0.946. The van der Waals surface area contributed by atoms with Crippen LogP contribution >= 0.6 is 0 Å². The van der Waals surface area contributed by atoms with Gasteiger partial charge < -0.3 is 15.2 Å². The summed E-state index contributed by atoms with van der Waals surface area (Å²) >= 11 is 0. The zero-order chi connectivity index (χ0) is 13.6. The highest BCUT2D eigenvalue weighted by Crippen LogP contribution is 2.14. The van der Waals surface area contributed by atoms with E-state index in [0.717, 1.165) is 0 Å². The Kier molecular flexibility index (Phi) is 6.04. The fourth-order valence-electron chi connectivity index (χ4n) is 1.89. The molecule has 0 aliphatic carbocycles. The van der Waals surface area contributed by atoms with Crippen LogP contribution in [-0.4, -0.2) is 56.8 Å². The van der Waals surface area contributed by atoms with Crippen LogP contribution in [0.15, 0.2) is 0 Å². The first kappa shape index (κ1) is 15.4. The van der Waals surface area contributed by atoms with Crippen LogP contribution in [0.25, 0.3) is 0 Å². The number of hydrogen-bond donors (Lipinski definition) is 2.